The molecule has 0 fully saturated rings. The molecule has 0 aromatic carbocycles. The number of ether oxygens (including phenoxy) is 1. The second kappa shape index (κ2) is 7.41. The zero-order valence-corrected chi connectivity index (χ0v) is 10.2. The highest BCUT2D eigenvalue weighted by Gasteiger charge is 2.08. The molecule has 0 spiro atoms. The first-order valence-corrected chi connectivity index (χ1v) is 5.85. The monoisotopic (exact) mass is 272 g/mol. The maximum absolute atomic E-state index is 11.2. The predicted octanol–water partition coefficient (Wildman–Crippen LogP) is 0.175. The van der Waals surface area contributed by atoms with Gasteiger partial charge in [0.1, 0.15) is 13.2 Å². The van der Waals surface area contributed by atoms with Gasteiger partial charge in [0.15, 0.2) is 0 Å². The zero-order valence-electron chi connectivity index (χ0n) is 9.34. The van der Waals surface area contributed by atoms with Gasteiger partial charge in [0.2, 0.25) is 0 Å². The smallest absolute Gasteiger partial charge is 0.329 e. The van der Waals surface area contributed by atoms with E-state index < -0.39 is 31.1 Å². The molecular formula is C10H12N2O5S. The summed E-state index contributed by atoms with van der Waals surface area (Å²) in [5.41, 5.74) is 0. The second-order valence-electron chi connectivity index (χ2n) is 3.20. The van der Waals surface area contributed by atoms with Gasteiger partial charge in [-0.25, -0.2) is 9.59 Å². The van der Waals surface area contributed by atoms with Gasteiger partial charge < -0.3 is 15.2 Å². The van der Waals surface area contributed by atoms with Crippen LogP contribution in [0.15, 0.2) is 17.5 Å². The zero-order chi connectivity index (χ0) is 13.4. The van der Waals surface area contributed by atoms with E-state index in [0.717, 1.165) is 4.88 Å². The Morgan fingerprint density at radius 1 is 1.33 bits per heavy atom. The molecule has 1 heterocycles. The summed E-state index contributed by atoms with van der Waals surface area (Å²) in [5.74, 6) is -1.87. The minimum atomic E-state index is -1.18. The molecular weight excluding hydrogens is 260 g/mol. The van der Waals surface area contributed by atoms with Crippen molar-refractivity contribution < 1.29 is 24.2 Å². The lowest BCUT2D eigenvalue weighted by atomic mass is 10.5. The van der Waals surface area contributed by atoms with Crippen LogP contribution in [0.25, 0.3) is 0 Å². The molecule has 0 unspecified atom stereocenters. The summed E-state index contributed by atoms with van der Waals surface area (Å²) in [5, 5.41) is 14.6. The van der Waals surface area contributed by atoms with Crippen molar-refractivity contribution >= 4 is 29.2 Å². The quantitative estimate of drug-likeness (QED) is 0.685. The number of thiophene rings is 1. The number of carbonyl (C=O) groups excluding carboxylic acids is 2. The molecule has 0 radical (unpaired) electrons. The average Bonchev–Trinajstić information content (AvgIpc) is 2.78. The van der Waals surface area contributed by atoms with E-state index in [4.69, 9.17) is 5.11 Å². The number of hydrogen-bond donors (Lipinski definition) is 3. The lowest BCUT2D eigenvalue weighted by molar-refractivity contribution is -0.143. The van der Waals surface area contributed by atoms with Gasteiger partial charge >= 0.3 is 12.0 Å². The molecule has 3 amide bonds. The van der Waals surface area contributed by atoms with E-state index >= 15 is 0 Å². The minimum Gasteiger partial charge on any atom is -0.480 e. The lowest BCUT2D eigenvalue weighted by Crippen LogP contribution is -2.40. The van der Waals surface area contributed by atoms with Crippen molar-refractivity contribution in [2.24, 2.45) is 0 Å². The van der Waals surface area contributed by atoms with Gasteiger partial charge in [-0.15, -0.1) is 11.3 Å². The van der Waals surface area contributed by atoms with Crippen LogP contribution in [0.2, 0.25) is 0 Å². The highest BCUT2D eigenvalue weighted by atomic mass is 32.1. The van der Waals surface area contributed by atoms with Gasteiger partial charge in [0, 0.05) is 4.88 Å². The number of nitrogens with one attached hydrogen (secondary N) is 2. The molecule has 1 rings (SSSR count). The summed E-state index contributed by atoms with van der Waals surface area (Å²) in [7, 11) is 0. The van der Waals surface area contributed by atoms with Crippen LogP contribution in [0.3, 0.4) is 0 Å². The van der Waals surface area contributed by atoms with Crippen LogP contribution in [0, 0.1) is 0 Å². The van der Waals surface area contributed by atoms with Gasteiger partial charge in [-0.2, -0.15) is 0 Å². The van der Waals surface area contributed by atoms with Crippen molar-refractivity contribution in [1.29, 1.82) is 0 Å². The minimum absolute atomic E-state index is 0.326. The molecule has 7 nitrogen and oxygen atoms in total. The van der Waals surface area contributed by atoms with Crippen LogP contribution >= 0.6 is 11.3 Å². The highest BCUT2D eigenvalue weighted by Crippen LogP contribution is 2.06. The van der Waals surface area contributed by atoms with E-state index in [1.807, 2.05) is 22.8 Å². The Hall–Kier alpha value is -1.93. The van der Waals surface area contributed by atoms with Crippen molar-refractivity contribution in [2.45, 2.75) is 6.54 Å². The summed E-state index contributed by atoms with van der Waals surface area (Å²) in [6.45, 7) is -0.726. The number of amides is 3. The standard InChI is InChI=1S/C10H12N2O5S/c13-8(5-17-6-9(14)15)12-10(16)11-4-7-2-1-3-18-7/h1-3H,4-6H2,(H,14,15)(H2,11,12,13,16). The molecule has 18 heavy (non-hydrogen) atoms. The fourth-order valence-corrected chi connectivity index (χ4v) is 1.66. The van der Waals surface area contributed by atoms with Crippen molar-refractivity contribution in [3.63, 3.8) is 0 Å². The number of hydrogen-bond acceptors (Lipinski definition) is 5. The number of aliphatic carboxylic acids is 1. The third-order valence-electron chi connectivity index (χ3n) is 1.71. The summed E-state index contributed by atoms with van der Waals surface area (Å²) < 4.78 is 4.52. The van der Waals surface area contributed by atoms with Crippen LogP contribution in [-0.2, 0) is 20.9 Å². The fraction of sp³-hybridized carbons (Fsp3) is 0.300. The molecule has 8 heteroatoms. The Labute approximate surface area is 107 Å². The van der Waals surface area contributed by atoms with E-state index in [1.165, 1.54) is 11.3 Å². The van der Waals surface area contributed by atoms with E-state index in [-0.39, 0.29) is 0 Å². The number of imide groups is 1. The van der Waals surface area contributed by atoms with Crippen LogP contribution < -0.4 is 10.6 Å². The molecule has 0 aliphatic carbocycles. The van der Waals surface area contributed by atoms with Crippen LogP contribution in [0.4, 0.5) is 4.79 Å². The van der Waals surface area contributed by atoms with Crippen molar-refractivity contribution in [2.75, 3.05) is 13.2 Å². The third-order valence-corrected chi connectivity index (χ3v) is 2.59. The Morgan fingerprint density at radius 3 is 2.72 bits per heavy atom. The normalized spacial score (nSPS) is 9.78. The van der Waals surface area contributed by atoms with Crippen molar-refractivity contribution in [1.82, 2.24) is 10.6 Å². The fourth-order valence-electron chi connectivity index (χ4n) is 1.02. The Bertz CT molecular complexity index is 418. The molecule has 0 atom stereocenters. The molecule has 0 bridgehead atoms. The van der Waals surface area contributed by atoms with Gasteiger partial charge in [0.05, 0.1) is 6.54 Å². The van der Waals surface area contributed by atoms with Gasteiger partial charge in [-0.05, 0) is 11.4 Å². The Morgan fingerprint density at radius 2 is 2.11 bits per heavy atom. The number of rotatable bonds is 6. The first-order valence-electron chi connectivity index (χ1n) is 4.97. The summed E-state index contributed by atoms with van der Waals surface area (Å²) in [6, 6.07) is 3.06. The SMILES string of the molecule is O=C(O)COCC(=O)NC(=O)NCc1cccs1. The molecule has 0 saturated heterocycles. The summed E-state index contributed by atoms with van der Waals surface area (Å²) in [4.78, 5) is 33.4. The summed E-state index contributed by atoms with van der Waals surface area (Å²) >= 11 is 1.48. The second-order valence-corrected chi connectivity index (χ2v) is 4.23. The Kier molecular flexibility index (Phi) is 5.81. The van der Waals surface area contributed by atoms with E-state index in [2.05, 4.69) is 10.1 Å². The molecule has 98 valence electrons. The maximum atomic E-state index is 11.2. The van der Waals surface area contributed by atoms with Crippen LogP contribution in [-0.4, -0.2) is 36.2 Å². The molecule has 1 aromatic rings. The topological polar surface area (TPSA) is 105 Å². The molecule has 1 aromatic heterocycles. The first kappa shape index (κ1) is 14.1. The lowest BCUT2D eigenvalue weighted by Gasteiger charge is -2.05. The molecule has 0 aliphatic heterocycles. The number of carbonyl (C=O) groups is 3. The van der Waals surface area contributed by atoms with E-state index in [9.17, 15) is 14.4 Å². The van der Waals surface area contributed by atoms with Gasteiger partial charge in [0.25, 0.3) is 5.91 Å². The van der Waals surface area contributed by atoms with Crippen molar-refractivity contribution in [3.05, 3.63) is 22.4 Å². The highest BCUT2D eigenvalue weighted by molar-refractivity contribution is 7.09. The Balaban J connectivity index is 2.15. The predicted molar refractivity (Wildman–Crippen MR) is 63.2 cm³/mol. The maximum Gasteiger partial charge on any atom is 0.329 e. The number of carboxylic acid groups (broad SMARTS) is 1. The molecule has 3 N–H and O–H groups in total. The van der Waals surface area contributed by atoms with Crippen LogP contribution in [0.1, 0.15) is 4.88 Å². The molecule has 0 aliphatic rings. The van der Waals surface area contributed by atoms with Crippen LogP contribution in [0.5, 0.6) is 0 Å². The first-order chi connectivity index (χ1) is 8.58. The van der Waals surface area contributed by atoms with Gasteiger partial charge in [-0.3, -0.25) is 10.1 Å². The van der Waals surface area contributed by atoms with E-state index in [1.54, 1.807) is 0 Å². The van der Waals surface area contributed by atoms with Gasteiger partial charge in [-0.1, -0.05) is 6.07 Å². The largest absolute Gasteiger partial charge is 0.480 e. The number of urea groups is 1. The summed E-state index contributed by atoms with van der Waals surface area (Å²) in [6.07, 6.45) is 0. The number of carboxylic acids is 1. The average molecular weight is 272 g/mol. The van der Waals surface area contributed by atoms with E-state index in [0.29, 0.717) is 6.54 Å². The molecule has 0 saturated carbocycles. The third kappa shape index (κ3) is 5.97. The van der Waals surface area contributed by atoms with Crippen molar-refractivity contribution in [3.8, 4) is 0 Å².